The molecule has 0 radical (unpaired) electrons. The molecule has 0 atom stereocenters. The lowest BCUT2D eigenvalue weighted by molar-refractivity contribution is -0.121. The molecule has 1 amide bonds. The summed E-state index contributed by atoms with van der Waals surface area (Å²) in [5, 5.41) is 4.87. The van der Waals surface area contributed by atoms with E-state index in [2.05, 4.69) is 10.2 Å². The van der Waals surface area contributed by atoms with E-state index in [0.717, 1.165) is 43.9 Å². The van der Waals surface area contributed by atoms with Crippen LogP contribution in [-0.4, -0.2) is 35.1 Å². The Morgan fingerprint density at radius 3 is 2.88 bits per heavy atom. The summed E-state index contributed by atoms with van der Waals surface area (Å²) in [6.07, 6.45) is 5.01. The third-order valence-electron chi connectivity index (χ3n) is 4.78. The molecule has 1 aliphatic carbocycles. The smallest absolute Gasteiger partial charge is 0.272 e. The van der Waals surface area contributed by atoms with Crippen molar-refractivity contribution < 1.29 is 4.79 Å². The molecule has 1 aliphatic heterocycles. The van der Waals surface area contributed by atoms with Gasteiger partial charge in [-0.05, 0) is 43.0 Å². The first-order valence-corrected chi connectivity index (χ1v) is 9.60. The highest BCUT2D eigenvalue weighted by Crippen LogP contribution is 2.27. The molecule has 128 valence electrons. The third-order valence-corrected chi connectivity index (χ3v) is 5.67. The number of fused-ring (bicyclic) bond motifs is 1. The number of carbonyl (C=O) groups excluding carboxylic acids is 1. The summed E-state index contributed by atoms with van der Waals surface area (Å²) in [6, 6.07) is 1.90. The molecule has 0 spiro atoms. The number of thiophene rings is 1. The molecule has 1 saturated heterocycles. The molecule has 1 saturated carbocycles. The predicted molar refractivity (Wildman–Crippen MR) is 95.7 cm³/mol. The summed E-state index contributed by atoms with van der Waals surface area (Å²) in [5.74, 6) is 1.41. The third kappa shape index (κ3) is 3.17. The molecule has 0 bridgehead atoms. The zero-order valence-corrected chi connectivity index (χ0v) is 14.5. The molecule has 6 nitrogen and oxygen atoms in total. The topological polar surface area (TPSA) is 67.2 Å². The molecule has 7 heteroatoms. The fourth-order valence-corrected chi connectivity index (χ4v) is 3.95. The Balaban J connectivity index is 1.56. The van der Waals surface area contributed by atoms with Crippen LogP contribution < -0.4 is 15.8 Å². The Bertz CT molecular complexity index is 803. The average Bonchev–Trinajstić information content (AvgIpc) is 3.05. The van der Waals surface area contributed by atoms with E-state index in [0.29, 0.717) is 23.6 Å². The van der Waals surface area contributed by atoms with Crippen molar-refractivity contribution in [2.75, 3.05) is 24.5 Å². The van der Waals surface area contributed by atoms with Crippen molar-refractivity contribution in [3.8, 4) is 0 Å². The minimum atomic E-state index is -0.0214. The van der Waals surface area contributed by atoms with Gasteiger partial charge in [-0.2, -0.15) is 0 Å². The molecule has 2 aromatic heterocycles. The van der Waals surface area contributed by atoms with Crippen LogP contribution in [-0.2, 0) is 11.3 Å². The minimum Gasteiger partial charge on any atom is -0.356 e. The number of nitrogens with one attached hydrogen (secondary N) is 1. The highest BCUT2D eigenvalue weighted by atomic mass is 32.1. The van der Waals surface area contributed by atoms with Gasteiger partial charge in [0.05, 0.1) is 5.52 Å². The Labute approximate surface area is 144 Å². The van der Waals surface area contributed by atoms with Gasteiger partial charge in [-0.25, -0.2) is 4.98 Å². The quantitative estimate of drug-likeness (QED) is 0.868. The van der Waals surface area contributed by atoms with Gasteiger partial charge in [0.25, 0.3) is 5.56 Å². The first kappa shape index (κ1) is 15.6. The molecule has 0 aromatic carbocycles. The summed E-state index contributed by atoms with van der Waals surface area (Å²) in [7, 11) is 0. The SMILES string of the molecule is O=C(CCn1c(N2CCCC2)nc2ccsc2c1=O)NCC1CC1. The molecule has 0 unspecified atom stereocenters. The van der Waals surface area contributed by atoms with Gasteiger partial charge in [-0.1, -0.05) is 0 Å². The van der Waals surface area contributed by atoms with E-state index in [1.807, 2.05) is 11.4 Å². The van der Waals surface area contributed by atoms with Crippen molar-refractivity contribution >= 4 is 33.4 Å². The second kappa shape index (κ2) is 6.55. The highest BCUT2D eigenvalue weighted by molar-refractivity contribution is 7.17. The largest absolute Gasteiger partial charge is 0.356 e. The van der Waals surface area contributed by atoms with Gasteiger partial charge < -0.3 is 10.2 Å². The molecular weight excluding hydrogens is 324 g/mol. The lowest BCUT2D eigenvalue weighted by Gasteiger charge is -2.21. The maximum Gasteiger partial charge on any atom is 0.272 e. The maximum atomic E-state index is 12.8. The molecule has 24 heavy (non-hydrogen) atoms. The van der Waals surface area contributed by atoms with Crippen molar-refractivity contribution in [2.24, 2.45) is 5.92 Å². The molecular formula is C17H22N4O2S. The van der Waals surface area contributed by atoms with Crippen LogP contribution in [0.15, 0.2) is 16.2 Å². The van der Waals surface area contributed by atoms with Crippen LogP contribution in [0.4, 0.5) is 5.95 Å². The van der Waals surface area contributed by atoms with E-state index in [9.17, 15) is 9.59 Å². The van der Waals surface area contributed by atoms with Crippen LogP contribution in [0, 0.1) is 5.92 Å². The first-order chi connectivity index (χ1) is 11.7. The summed E-state index contributed by atoms with van der Waals surface area (Å²) in [5.41, 5.74) is 0.744. The second-order valence-corrected chi connectivity index (χ2v) is 7.61. The van der Waals surface area contributed by atoms with Gasteiger partial charge in [-0.3, -0.25) is 14.2 Å². The van der Waals surface area contributed by atoms with Crippen LogP contribution in [0.5, 0.6) is 0 Å². The fraction of sp³-hybridized carbons (Fsp3) is 0.588. The molecule has 2 aromatic rings. The number of hydrogen-bond acceptors (Lipinski definition) is 5. The van der Waals surface area contributed by atoms with Crippen molar-refractivity contribution in [3.63, 3.8) is 0 Å². The van der Waals surface area contributed by atoms with E-state index < -0.39 is 0 Å². The van der Waals surface area contributed by atoms with Crippen LogP contribution in [0.3, 0.4) is 0 Å². The minimum absolute atomic E-state index is 0.0208. The van der Waals surface area contributed by atoms with E-state index in [-0.39, 0.29) is 11.5 Å². The van der Waals surface area contributed by atoms with E-state index in [4.69, 9.17) is 4.98 Å². The van der Waals surface area contributed by atoms with Crippen molar-refractivity contribution in [1.29, 1.82) is 0 Å². The van der Waals surface area contributed by atoms with E-state index >= 15 is 0 Å². The molecule has 4 rings (SSSR count). The number of amides is 1. The second-order valence-electron chi connectivity index (χ2n) is 6.70. The Hall–Kier alpha value is -1.89. The number of nitrogens with zero attached hydrogens (tertiary/aromatic N) is 3. The van der Waals surface area contributed by atoms with Gasteiger partial charge in [0.1, 0.15) is 4.70 Å². The van der Waals surface area contributed by atoms with E-state index in [1.54, 1.807) is 4.57 Å². The Morgan fingerprint density at radius 1 is 1.33 bits per heavy atom. The fourth-order valence-electron chi connectivity index (χ4n) is 3.17. The lowest BCUT2D eigenvalue weighted by atomic mass is 10.3. The zero-order valence-electron chi connectivity index (χ0n) is 13.7. The van der Waals surface area contributed by atoms with Gasteiger partial charge in [-0.15, -0.1) is 11.3 Å². The van der Waals surface area contributed by atoms with Gasteiger partial charge in [0.15, 0.2) is 0 Å². The Kier molecular flexibility index (Phi) is 4.26. The number of anilines is 1. The molecule has 2 aliphatic rings. The predicted octanol–water partition coefficient (Wildman–Crippen LogP) is 1.97. The van der Waals surface area contributed by atoms with E-state index in [1.165, 1.54) is 24.2 Å². The van der Waals surface area contributed by atoms with Gasteiger partial charge in [0, 0.05) is 32.6 Å². The lowest BCUT2D eigenvalue weighted by Crippen LogP contribution is -2.33. The number of carbonyl (C=O) groups is 1. The summed E-state index contributed by atoms with van der Waals surface area (Å²) < 4.78 is 2.37. The summed E-state index contributed by atoms with van der Waals surface area (Å²) in [6.45, 7) is 3.02. The zero-order chi connectivity index (χ0) is 16.5. The Morgan fingerprint density at radius 2 is 2.12 bits per heavy atom. The summed E-state index contributed by atoms with van der Waals surface area (Å²) >= 11 is 1.42. The van der Waals surface area contributed by atoms with Crippen molar-refractivity contribution in [1.82, 2.24) is 14.9 Å². The van der Waals surface area contributed by atoms with Crippen LogP contribution in [0.25, 0.3) is 10.2 Å². The first-order valence-electron chi connectivity index (χ1n) is 8.72. The monoisotopic (exact) mass is 346 g/mol. The highest BCUT2D eigenvalue weighted by Gasteiger charge is 2.23. The number of rotatable bonds is 6. The molecule has 3 heterocycles. The van der Waals surface area contributed by atoms with Gasteiger partial charge >= 0.3 is 0 Å². The maximum absolute atomic E-state index is 12.8. The van der Waals surface area contributed by atoms with Gasteiger partial charge in [0.2, 0.25) is 11.9 Å². The number of aromatic nitrogens is 2. The summed E-state index contributed by atoms with van der Waals surface area (Å²) in [4.78, 5) is 31.8. The van der Waals surface area contributed by atoms with Crippen molar-refractivity contribution in [2.45, 2.75) is 38.6 Å². The van der Waals surface area contributed by atoms with Crippen LogP contribution in [0.1, 0.15) is 32.1 Å². The average molecular weight is 346 g/mol. The standard InChI is InChI=1S/C17H22N4O2S/c22-14(18-11-12-3-4-12)5-9-21-16(23)15-13(6-10-24-15)19-17(21)20-7-1-2-8-20/h6,10,12H,1-5,7-9,11H2,(H,18,22). The normalized spacial score (nSPS) is 17.6. The molecule has 1 N–H and O–H groups in total. The van der Waals surface area contributed by atoms with Crippen LogP contribution >= 0.6 is 11.3 Å². The number of hydrogen-bond donors (Lipinski definition) is 1. The van der Waals surface area contributed by atoms with Crippen LogP contribution in [0.2, 0.25) is 0 Å². The molecule has 2 fully saturated rings. The van der Waals surface area contributed by atoms with Crippen molar-refractivity contribution in [3.05, 3.63) is 21.8 Å².